The third kappa shape index (κ3) is 2.99. The molecule has 106 valence electrons. The van der Waals surface area contributed by atoms with Gasteiger partial charge in [0.1, 0.15) is 0 Å². The summed E-state index contributed by atoms with van der Waals surface area (Å²) in [4.78, 5) is 12.2. The lowest BCUT2D eigenvalue weighted by atomic mass is 9.94. The van der Waals surface area contributed by atoms with Gasteiger partial charge in [0.15, 0.2) is 5.11 Å². The van der Waals surface area contributed by atoms with E-state index in [9.17, 15) is 4.79 Å². The first-order valence-corrected chi connectivity index (χ1v) is 6.95. The summed E-state index contributed by atoms with van der Waals surface area (Å²) in [5, 5.41) is 6.64. The van der Waals surface area contributed by atoms with Gasteiger partial charge in [0.05, 0.1) is 18.2 Å². The highest BCUT2D eigenvalue weighted by molar-refractivity contribution is 7.80. The van der Waals surface area contributed by atoms with Gasteiger partial charge in [-0.05, 0) is 38.6 Å². The normalized spacial score (nSPS) is 18.4. The molecule has 0 bridgehead atoms. The summed E-state index contributed by atoms with van der Waals surface area (Å²) in [7, 11) is 0. The molecule has 1 aromatic carbocycles. The van der Waals surface area contributed by atoms with Gasteiger partial charge in [-0.25, -0.2) is 4.79 Å². The number of ether oxygens (including phenoxy) is 1. The molecule has 0 aliphatic carbocycles. The molecule has 1 aromatic rings. The quantitative estimate of drug-likeness (QED) is 0.661. The highest BCUT2D eigenvalue weighted by atomic mass is 32.1. The minimum absolute atomic E-state index is 0.275. The van der Waals surface area contributed by atoms with Crippen LogP contribution in [0.5, 0.6) is 0 Å². The summed E-state index contributed by atoms with van der Waals surface area (Å²) in [6.45, 7) is 6.00. The topological polar surface area (TPSA) is 50.4 Å². The SMILES string of the molecule is CCOC(=O)C1=C(C)NC(=S)N[C@H]1c1cccc(C)c1. The molecule has 0 radical (unpaired) electrons. The average Bonchev–Trinajstić information content (AvgIpc) is 2.37. The van der Waals surface area contributed by atoms with Crippen molar-refractivity contribution in [3.05, 3.63) is 46.7 Å². The van der Waals surface area contributed by atoms with Crippen LogP contribution >= 0.6 is 12.2 Å². The number of allylic oxidation sites excluding steroid dienone is 1. The fraction of sp³-hybridized carbons (Fsp3) is 0.333. The van der Waals surface area contributed by atoms with E-state index in [4.69, 9.17) is 17.0 Å². The van der Waals surface area contributed by atoms with E-state index in [2.05, 4.69) is 10.6 Å². The number of benzene rings is 1. The van der Waals surface area contributed by atoms with Crippen LogP contribution in [0.25, 0.3) is 0 Å². The minimum atomic E-state index is -0.320. The Labute approximate surface area is 124 Å². The largest absolute Gasteiger partial charge is 0.463 e. The lowest BCUT2D eigenvalue weighted by molar-refractivity contribution is -0.139. The Bertz CT molecular complexity index is 581. The molecule has 20 heavy (non-hydrogen) atoms. The van der Waals surface area contributed by atoms with E-state index < -0.39 is 0 Å². The van der Waals surface area contributed by atoms with Crippen LogP contribution in [0.15, 0.2) is 35.5 Å². The van der Waals surface area contributed by atoms with E-state index in [1.807, 2.05) is 38.1 Å². The molecule has 1 atom stereocenters. The zero-order valence-corrected chi connectivity index (χ0v) is 12.6. The van der Waals surface area contributed by atoms with E-state index in [1.165, 1.54) is 0 Å². The van der Waals surface area contributed by atoms with Crippen molar-refractivity contribution in [3.8, 4) is 0 Å². The van der Waals surface area contributed by atoms with Crippen LogP contribution in [0.4, 0.5) is 0 Å². The third-order valence-electron chi connectivity index (χ3n) is 3.14. The van der Waals surface area contributed by atoms with Crippen LogP contribution < -0.4 is 10.6 Å². The second-order valence-corrected chi connectivity index (χ2v) is 5.11. The van der Waals surface area contributed by atoms with Crippen molar-refractivity contribution in [1.29, 1.82) is 0 Å². The van der Waals surface area contributed by atoms with E-state index in [-0.39, 0.29) is 12.0 Å². The Morgan fingerprint density at radius 3 is 2.80 bits per heavy atom. The number of thiocarbonyl (C=S) groups is 1. The van der Waals surface area contributed by atoms with Gasteiger partial charge < -0.3 is 15.4 Å². The number of esters is 1. The lowest BCUT2D eigenvalue weighted by Crippen LogP contribution is -2.45. The molecule has 1 aliphatic heterocycles. The Morgan fingerprint density at radius 2 is 2.15 bits per heavy atom. The number of nitrogens with one attached hydrogen (secondary N) is 2. The van der Waals surface area contributed by atoms with Crippen molar-refractivity contribution in [2.75, 3.05) is 6.61 Å². The van der Waals surface area contributed by atoms with Crippen LogP contribution in [0.2, 0.25) is 0 Å². The molecule has 0 aromatic heterocycles. The zero-order chi connectivity index (χ0) is 14.7. The molecule has 1 heterocycles. The van der Waals surface area contributed by atoms with Gasteiger partial charge in [-0.1, -0.05) is 29.8 Å². The lowest BCUT2D eigenvalue weighted by Gasteiger charge is -2.30. The molecule has 0 spiro atoms. The zero-order valence-electron chi connectivity index (χ0n) is 11.8. The second kappa shape index (κ2) is 6.05. The predicted molar refractivity (Wildman–Crippen MR) is 82.1 cm³/mol. The first-order valence-electron chi connectivity index (χ1n) is 6.55. The first kappa shape index (κ1) is 14.5. The third-order valence-corrected chi connectivity index (χ3v) is 3.36. The number of rotatable bonds is 3. The molecule has 1 aliphatic rings. The maximum absolute atomic E-state index is 12.2. The van der Waals surface area contributed by atoms with Crippen molar-refractivity contribution >= 4 is 23.3 Å². The van der Waals surface area contributed by atoms with Crippen molar-refractivity contribution in [1.82, 2.24) is 10.6 Å². The number of hydrogen-bond donors (Lipinski definition) is 2. The van der Waals surface area contributed by atoms with Gasteiger partial charge in [-0.2, -0.15) is 0 Å². The van der Waals surface area contributed by atoms with Gasteiger partial charge in [-0.3, -0.25) is 0 Å². The van der Waals surface area contributed by atoms with Crippen LogP contribution in [-0.4, -0.2) is 17.7 Å². The fourth-order valence-corrected chi connectivity index (χ4v) is 2.54. The highest BCUT2D eigenvalue weighted by Gasteiger charge is 2.30. The average molecular weight is 290 g/mol. The maximum atomic E-state index is 12.2. The molecule has 4 nitrogen and oxygen atoms in total. The molecular weight excluding hydrogens is 272 g/mol. The fourth-order valence-electron chi connectivity index (χ4n) is 2.27. The summed E-state index contributed by atoms with van der Waals surface area (Å²) in [6.07, 6.45) is 0. The summed E-state index contributed by atoms with van der Waals surface area (Å²) < 4.78 is 5.15. The minimum Gasteiger partial charge on any atom is -0.463 e. The number of hydrogen-bond acceptors (Lipinski definition) is 3. The first-order chi connectivity index (χ1) is 9.52. The van der Waals surface area contributed by atoms with Crippen LogP contribution in [0.1, 0.15) is 31.0 Å². The van der Waals surface area contributed by atoms with Crippen LogP contribution in [0, 0.1) is 6.92 Å². The van der Waals surface area contributed by atoms with Gasteiger partial charge in [-0.15, -0.1) is 0 Å². The van der Waals surface area contributed by atoms with Crippen molar-refractivity contribution in [2.24, 2.45) is 0 Å². The number of carbonyl (C=O) groups excluding carboxylic acids is 1. The summed E-state index contributed by atoms with van der Waals surface area (Å²) in [5.74, 6) is -0.320. The van der Waals surface area contributed by atoms with Crippen LogP contribution in [-0.2, 0) is 9.53 Å². The van der Waals surface area contributed by atoms with Gasteiger partial charge in [0, 0.05) is 5.70 Å². The smallest absolute Gasteiger partial charge is 0.338 e. The Kier molecular flexibility index (Phi) is 4.39. The van der Waals surface area contributed by atoms with E-state index in [1.54, 1.807) is 6.92 Å². The summed E-state index contributed by atoms with van der Waals surface area (Å²) >= 11 is 5.19. The van der Waals surface area contributed by atoms with Gasteiger partial charge >= 0.3 is 5.97 Å². The predicted octanol–water partition coefficient (Wildman–Crippen LogP) is 2.35. The van der Waals surface area contributed by atoms with E-state index >= 15 is 0 Å². The molecule has 2 N–H and O–H groups in total. The van der Waals surface area contributed by atoms with Crippen molar-refractivity contribution in [3.63, 3.8) is 0 Å². The highest BCUT2D eigenvalue weighted by Crippen LogP contribution is 2.28. The Hall–Kier alpha value is -1.88. The number of aryl methyl sites for hydroxylation is 1. The Morgan fingerprint density at radius 1 is 1.40 bits per heavy atom. The monoisotopic (exact) mass is 290 g/mol. The molecular formula is C15H18N2O2S. The van der Waals surface area contributed by atoms with Gasteiger partial charge in [0.2, 0.25) is 0 Å². The molecule has 2 rings (SSSR count). The molecule has 0 fully saturated rings. The van der Waals surface area contributed by atoms with Crippen molar-refractivity contribution in [2.45, 2.75) is 26.8 Å². The molecule has 0 saturated heterocycles. The second-order valence-electron chi connectivity index (χ2n) is 4.70. The molecule has 0 amide bonds. The summed E-state index contributed by atoms with van der Waals surface area (Å²) in [6, 6.07) is 7.73. The van der Waals surface area contributed by atoms with E-state index in [0.717, 1.165) is 16.8 Å². The van der Waals surface area contributed by atoms with E-state index in [0.29, 0.717) is 17.3 Å². The van der Waals surface area contributed by atoms with Gasteiger partial charge in [0.25, 0.3) is 0 Å². The summed E-state index contributed by atoms with van der Waals surface area (Å²) in [5.41, 5.74) is 3.44. The maximum Gasteiger partial charge on any atom is 0.338 e. The molecule has 5 heteroatoms. The number of carbonyl (C=O) groups is 1. The van der Waals surface area contributed by atoms with Crippen LogP contribution in [0.3, 0.4) is 0 Å². The molecule has 0 saturated carbocycles. The van der Waals surface area contributed by atoms with Crippen molar-refractivity contribution < 1.29 is 9.53 Å². The standard InChI is InChI=1S/C15H18N2O2S/c1-4-19-14(18)12-10(3)16-15(20)17-13(12)11-7-5-6-9(2)8-11/h5-8,13H,4H2,1-3H3,(H2,16,17,20)/t13-/m0/s1. The Balaban J connectivity index is 2.44. The molecule has 0 unspecified atom stereocenters.